The zero-order chi connectivity index (χ0) is 14.7. The van der Waals surface area contributed by atoms with E-state index in [9.17, 15) is 4.79 Å². The Labute approximate surface area is 124 Å². The minimum absolute atomic E-state index is 0.0299. The van der Waals surface area contributed by atoms with Gasteiger partial charge in [0.05, 0.1) is 5.02 Å². The Balaban J connectivity index is 2.01. The van der Waals surface area contributed by atoms with Gasteiger partial charge in [0.15, 0.2) is 6.10 Å². The average molecular weight is 297 g/mol. The van der Waals surface area contributed by atoms with Crippen molar-refractivity contribution in [2.75, 3.05) is 13.1 Å². The van der Waals surface area contributed by atoms with Gasteiger partial charge >= 0.3 is 0 Å². The molecule has 1 aliphatic heterocycles. The van der Waals surface area contributed by atoms with Gasteiger partial charge in [0.1, 0.15) is 5.75 Å². The Morgan fingerprint density at radius 1 is 1.55 bits per heavy atom. The lowest BCUT2D eigenvalue weighted by atomic mass is 10.1. The highest BCUT2D eigenvalue weighted by Gasteiger charge is 2.26. The minimum atomic E-state index is -0.556. The van der Waals surface area contributed by atoms with E-state index in [0.29, 0.717) is 17.3 Å². The van der Waals surface area contributed by atoms with Gasteiger partial charge in [-0.1, -0.05) is 17.7 Å². The van der Waals surface area contributed by atoms with Crippen LogP contribution in [-0.4, -0.2) is 36.0 Å². The van der Waals surface area contributed by atoms with Crippen molar-refractivity contribution in [3.63, 3.8) is 0 Å². The first kappa shape index (κ1) is 15.1. The van der Waals surface area contributed by atoms with Gasteiger partial charge in [-0.15, -0.1) is 0 Å². The van der Waals surface area contributed by atoms with Gasteiger partial charge in [-0.3, -0.25) is 4.79 Å². The van der Waals surface area contributed by atoms with Crippen molar-refractivity contribution in [1.29, 1.82) is 0 Å². The van der Waals surface area contributed by atoms with Crippen molar-refractivity contribution in [3.05, 3.63) is 28.8 Å². The fraction of sp³-hybridized carbons (Fsp3) is 0.533. The monoisotopic (exact) mass is 296 g/mol. The normalized spacial score (nSPS) is 20.6. The maximum atomic E-state index is 12.3. The van der Waals surface area contributed by atoms with Crippen molar-refractivity contribution in [1.82, 2.24) is 4.90 Å². The summed E-state index contributed by atoms with van der Waals surface area (Å²) in [7, 11) is 0. The lowest BCUT2D eigenvalue weighted by Gasteiger charge is -2.32. The molecule has 1 aliphatic rings. The second-order valence-corrected chi connectivity index (χ2v) is 5.79. The number of piperidine rings is 1. The molecule has 0 spiro atoms. The number of nitrogens with two attached hydrogens (primary N) is 1. The number of benzene rings is 1. The molecule has 1 aromatic rings. The second kappa shape index (κ2) is 6.46. The number of ether oxygens (including phenoxy) is 1. The molecule has 1 amide bonds. The summed E-state index contributed by atoms with van der Waals surface area (Å²) in [6.07, 6.45) is 1.37. The van der Waals surface area contributed by atoms with E-state index in [2.05, 4.69) is 0 Å². The highest BCUT2D eigenvalue weighted by Crippen LogP contribution is 2.26. The number of rotatable bonds is 3. The number of likely N-dealkylation sites (tertiary alicyclic amines) is 1. The van der Waals surface area contributed by atoms with Crippen molar-refractivity contribution >= 4 is 17.5 Å². The summed E-state index contributed by atoms with van der Waals surface area (Å²) in [5.74, 6) is 0.520. The first-order valence-electron chi connectivity index (χ1n) is 6.94. The molecular formula is C15H21ClN2O2. The van der Waals surface area contributed by atoms with E-state index in [1.54, 1.807) is 17.9 Å². The Morgan fingerprint density at radius 3 is 3.00 bits per heavy atom. The smallest absolute Gasteiger partial charge is 0.263 e. The van der Waals surface area contributed by atoms with Crippen LogP contribution in [0.5, 0.6) is 5.75 Å². The molecule has 5 heteroatoms. The molecule has 1 saturated heterocycles. The first-order chi connectivity index (χ1) is 9.47. The molecule has 0 bridgehead atoms. The minimum Gasteiger partial charge on any atom is -0.479 e. The molecule has 1 aromatic carbocycles. The fourth-order valence-corrected chi connectivity index (χ4v) is 2.57. The highest BCUT2D eigenvalue weighted by molar-refractivity contribution is 6.32. The number of aryl methyl sites for hydroxylation is 1. The number of amides is 1. The van der Waals surface area contributed by atoms with Crippen LogP contribution in [0, 0.1) is 6.92 Å². The summed E-state index contributed by atoms with van der Waals surface area (Å²) in [6, 6.07) is 5.60. The van der Waals surface area contributed by atoms with Crippen LogP contribution in [0.4, 0.5) is 0 Å². The number of halogens is 1. The molecule has 110 valence electrons. The number of carbonyl (C=O) groups excluding carboxylic acids is 1. The molecule has 2 atom stereocenters. The molecule has 4 nitrogen and oxygen atoms in total. The van der Waals surface area contributed by atoms with E-state index in [1.165, 1.54) is 0 Å². The predicted octanol–water partition coefficient (Wildman–Crippen LogP) is 2.37. The van der Waals surface area contributed by atoms with Gasteiger partial charge in [-0.25, -0.2) is 0 Å². The largest absolute Gasteiger partial charge is 0.479 e. The van der Waals surface area contributed by atoms with Crippen LogP contribution >= 0.6 is 11.6 Å². The topological polar surface area (TPSA) is 55.6 Å². The van der Waals surface area contributed by atoms with Gasteiger partial charge in [0.25, 0.3) is 5.91 Å². The van der Waals surface area contributed by atoms with Gasteiger partial charge < -0.3 is 15.4 Å². The highest BCUT2D eigenvalue weighted by atomic mass is 35.5. The van der Waals surface area contributed by atoms with Crippen molar-refractivity contribution in [3.8, 4) is 5.75 Å². The lowest BCUT2D eigenvalue weighted by Crippen LogP contribution is -2.49. The van der Waals surface area contributed by atoms with Crippen LogP contribution in [0.25, 0.3) is 0 Å². The maximum absolute atomic E-state index is 12.3. The Morgan fingerprint density at radius 2 is 2.30 bits per heavy atom. The third kappa shape index (κ3) is 3.64. The van der Waals surface area contributed by atoms with Crippen LogP contribution in [0.1, 0.15) is 25.3 Å². The number of carbonyl (C=O) groups is 1. The molecule has 2 unspecified atom stereocenters. The van der Waals surface area contributed by atoms with E-state index in [-0.39, 0.29) is 11.9 Å². The number of hydrogen-bond donors (Lipinski definition) is 1. The van der Waals surface area contributed by atoms with Gasteiger partial charge in [0.2, 0.25) is 0 Å². The summed E-state index contributed by atoms with van der Waals surface area (Å²) >= 11 is 6.08. The van der Waals surface area contributed by atoms with Crippen LogP contribution in [0.3, 0.4) is 0 Å². The Hall–Kier alpha value is -1.26. The lowest BCUT2D eigenvalue weighted by molar-refractivity contribution is -0.139. The summed E-state index contributed by atoms with van der Waals surface area (Å²) in [5.41, 5.74) is 6.95. The Kier molecular flexibility index (Phi) is 4.89. The van der Waals surface area contributed by atoms with Crippen LogP contribution in [0.15, 0.2) is 18.2 Å². The molecular weight excluding hydrogens is 276 g/mol. The predicted molar refractivity (Wildman–Crippen MR) is 80.1 cm³/mol. The quantitative estimate of drug-likeness (QED) is 0.931. The van der Waals surface area contributed by atoms with Gasteiger partial charge in [0, 0.05) is 19.1 Å². The third-order valence-electron chi connectivity index (χ3n) is 3.51. The van der Waals surface area contributed by atoms with Gasteiger partial charge in [-0.2, -0.15) is 0 Å². The molecule has 1 heterocycles. The van der Waals surface area contributed by atoms with E-state index < -0.39 is 6.10 Å². The molecule has 2 rings (SSSR count). The standard InChI is InChI=1S/C15H21ClN2O2/c1-10-5-6-13(16)14(8-10)20-11(2)15(19)18-7-3-4-12(17)9-18/h5-6,8,11-12H,3-4,7,9,17H2,1-2H3. The zero-order valence-corrected chi connectivity index (χ0v) is 12.7. The molecule has 0 aliphatic carbocycles. The van der Waals surface area contributed by atoms with Crippen LogP contribution in [0.2, 0.25) is 5.02 Å². The number of nitrogens with zero attached hydrogens (tertiary/aromatic N) is 1. The SMILES string of the molecule is Cc1ccc(Cl)c(OC(C)C(=O)N2CCCC(N)C2)c1. The summed E-state index contributed by atoms with van der Waals surface area (Å²) in [6.45, 7) is 5.07. The summed E-state index contributed by atoms with van der Waals surface area (Å²) in [4.78, 5) is 14.1. The first-order valence-corrected chi connectivity index (χ1v) is 7.32. The second-order valence-electron chi connectivity index (χ2n) is 5.38. The van der Waals surface area contributed by atoms with E-state index >= 15 is 0 Å². The van der Waals surface area contributed by atoms with Crippen molar-refractivity contribution < 1.29 is 9.53 Å². The molecule has 20 heavy (non-hydrogen) atoms. The average Bonchev–Trinajstić information content (AvgIpc) is 2.42. The Bertz CT molecular complexity index is 493. The molecule has 1 fully saturated rings. The maximum Gasteiger partial charge on any atom is 0.263 e. The van der Waals surface area contributed by atoms with Gasteiger partial charge in [-0.05, 0) is 44.4 Å². The van der Waals surface area contributed by atoms with E-state index in [1.807, 2.05) is 19.1 Å². The molecule has 0 radical (unpaired) electrons. The van der Waals surface area contributed by atoms with Crippen molar-refractivity contribution in [2.45, 2.75) is 38.8 Å². The summed E-state index contributed by atoms with van der Waals surface area (Å²) in [5, 5.41) is 0.519. The number of hydrogen-bond acceptors (Lipinski definition) is 3. The summed E-state index contributed by atoms with van der Waals surface area (Å²) < 4.78 is 5.71. The van der Waals surface area contributed by atoms with Crippen LogP contribution < -0.4 is 10.5 Å². The third-order valence-corrected chi connectivity index (χ3v) is 3.82. The van der Waals surface area contributed by atoms with Crippen molar-refractivity contribution in [2.24, 2.45) is 5.73 Å². The fourth-order valence-electron chi connectivity index (χ4n) is 2.41. The molecule has 0 saturated carbocycles. The zero-order valence-electron chi connectivity index (χ0n) is 11.9. The molecule has 2 N–H and O–H groups in total. The van der Waals surface area contributed by atoms with E-state index in [4.69, 9.17) is 22.1 Å². The molecule has 0 aromatic heterocycles. The van der Waals surface area contributed by atoms with E-state index in [0.717, 1.165) is 24.9 Å². The van der Waals surface area contributed by atoms with Crippen LogP contribution in [-0.2, 0) is 4.79 Å².